The molecule has 1 saturated carbocycles. The Labute approximate surface area is 121 Å². The van der Waals surface area contributed by atoms with E-state index in [-0.39, 0.29) is 5.91 Å². The van der Waals surface area contributed by atoms with Crippen molar-refractivity contribution >= 4 is 18.5 Å². The van der Waals surface area contributed by atoms with Gasteiger partial charge in [-0.25, -0.2) is 0 Å². The van der Waals surface area contributed by atoms with Crippen molar-refractivity contribution in [1.29, 1.82) is 0 Å². The molecule has 2 rings (SSSR count). The monoisotopic (exact) mass is 277 g/mol. The number of hydrogen-bond donors (Lipinski definition) is 2. The smallest absolute Gasteiger partial charge is 0.251 e. The summed E-state index contributed by atoms with van der Waals surface area (Å²) in [6, 6.07) is 5.67. The zero-order valence-corrected chi connectivity index (χ0v) is 13.3. The Bertz CT molecular complexity index is 505. The fraction of sp³-hybridized carbons (Fsp3) is 0.562. The van der Waals surface area contributed by atoms with E-state index in [4.69, 9.17) is 0 Å². The van der Waals surface area contributed by atoms with Crippen LogP contribution in [0.2, 0.25) is 0 Å². The standard InChI is InChI=1S/C16H23NOS/c1-10-6-7-11(19)8-12(10)14(18)17-9-13-15(2,3)16(13,4)5/h6-8,13,19H,9H2,1-5H3,(H,17,18). The van der Waals surface area contributed by atoms with Gasteiger partial charge in [0.25, 0.3) is 5.91 Å². The fourth-order valence-electron chi connectivity index (χ4n) is 2.99. The van der Waals surface area contributed by atoms with Crippen LogP contribution in [0, 0.1) is 23.7 Å². The highest BCUT2D eigenvalue weighted by Crippen LogP contribution is 2.67. The minimum absolute atomic E-state index is 0.00639. The maximum absolute atomic E-state index is 12.2. The van der Waals surface area contributed by atoms with Crippen LogP contribution in [0.5, 0.6) is 0 Å². The Kier molecular flexibility index (Phi) is 3.46. The molecule has 104 valence electrons. The number of amides is 1. The average molecular weight is 277 g/mol. The summed E-state index contributed by atoms with van der Waals surface area (Å²) in [6.45, 7) is 11.8. The van der Waals surface area contributed by atoms with E-state index in [0.717, 1.165) is 22.6 Å². The number of carbonyl (C=O) groups is 1. The first kappa shape index (κ1) is 14.4. The molecule has 0 spiro atoms. The second kappa shape index (κ2) is 4.55. The molecule has 0 unspecified atom stereocenters. The van der Waals surface area contributed by atoms with E-state index in [9.17, 15) is 4.79 Å². The molecule has 1 aromatic rings. The molecule has 1 fully saturated rings. The maximum Gasteiger partial charge on any atom is 0.251 e. The largest absolute Gasteiger partial charge is 0.352 e. The van der Waals surface area contributed by atoms with E-state index in [0.29, 0.717) is 16.7 Å². The van der Waals surface area contributed by atoms with E-state index >= 15 is 0 Å². The molecule has 1 aliphatic rings. The molecule has 0 aromatic heterocycles. The van der Waals surface area contributed by atoms with Crippen molar-refractivity contribution in [1.82, 2.24) is 5.32 Å². The lowest BCUT2D eigenvalue weighted by molar-refractivity contribution is 0.0949. The Morgan fingerprint density at radius 3 is 2.37 bits per heavy atom. The van der Waals surface area contributed by atoms with Crippen LogP contribution in [-0.2, 0) is 0 Å². The van der Waals surface area contributed by atoms with Gasteiger partial charge in [-0.2, -0.15) is 0 Å². The first-order chi connectivity index (χ1) is 8.68. The Morgan fingerprint density at radius 1 is 1.26 bits per heavy atom. The van der Waals surface area contributed by atoms with Crippen LogP contribution in [0.3, 0.4) is 0 Å². The van der Waals surface area contributed by atoms with Gasteiger partial charge >= 0.3 is 0 Å². The van der Waals surface area contributed by atoms with Crippen LogP contribution in [0.4, 0.5) is 0 Å². The number of thiol groups is 1. The van der Waals surface area contributed by atoms with Gasteiger partial charge in [-0.15, -0.1) is 12.6 Å². The van der Waals surface area contributed by atoms with Crippen molar-refractivity contribution in [2.75, 3.05) is 6.54 Å². The summed E-state index contributed by atoms with van der Waals surface area (Å²) in [5, 5.41) is 3.07. The molecule has 0 aliphatic heterocycles. The summed E-state index contributed by atoms with van der Waals surface area (Å²) in [5.74, 6) is 0.551. The minimum atomic E-state index is 0.00639. The Balaban J connectivity index is 2.02. The van der Waals surface area contributed by atoms with Crippen LogP contribution >= 0.6 is 12.6 Å². The molecule has 19 heavy (non-hydrogen) atoms. The second-order valence-corrected chi connectivity index (χ2v) is 7.22. The predicted molar refractivity (Wildman–Crippen MR) is 81.8 cm³/mol. The number of aryl methyl sites for hydroxylation is 1. The topological polar surface area (TPSA) is 29.1 Å². The number of rotatable bonds is 3. The van der Waals surface area contributed by atoms with Crippen molar-refractivity contribution < 1.29 is 4.79 Å². The molecule has 1 N–H and O–H groups in total. The average Bonchev–Trinajstić information content (AvgIpc) is 2.70. The molecule has 0 heterocycles. The van der Waals surface area contributed by atoms with Gasteiger partial charge in [0.05, 0.1) is 0 Å². The Hall–Kier alpha value is -0.960. The number of carbonyl (C=O) groups excluding carboxylic acids is 1. The summed E-state index contributed by atoms with van der Waals surface area (Å²) in [6.07, 6.45) is 0. The molecular weight excluding hydrogens is 254 g/mol. The molecule has 1 aliphatic carbocycles. The van der Waals surface area contributed by atoms with Crippen molar-refractivity contribution in [2.24, 2.45) is 16.7 Å². The molecule has 3 heteroatoms. The van der Waals surface area contributed by atoms with Crippen LogP contribution in [0.1, 0.15) is 43.6 Å². The molecule has 1 amide bonds. The summed E-state index contributed by atoms with van der Waals surface area (Å²) < 4.78 is 0. The lowest BCUT2D eigenvalue weighted by Crippen LogP contribution is -2.27. The van der Waals surface area contributed by atoms with Gasteiger partial charge in [-0.3, -0.25) is 4.79 Å². The van der Waals surface area contributed by atoms with E-state index < -0.39 is 0 Å². The third kappa shape index (κ3) is 2.40. The summed E-state index contributed by atoms with van der Waals surface area (Å²) >= 11 is 4.29. The van der Waals surface area contributed by atoms with Gasteiger partial charge in [0.15, 0.2) is 0 Å². The van der Waals surface area contributed by atoms with Gasteiger partial charge in [0.1, 0.15) is 0 Å². The lowest BCUT2D eigenvalue weighted by atomic mass is 10.0. The highest BCUT2D eigenvalue weighted by Gasteiger charge is 2.64. The Morgan fingerprint density at radius 2 is 1.84 bits per heavy atom. The first-order valence-electron chi connectivity index (χ1n) is 6.75. The maximum atomic E-state index is 12.2. The zero-order valence-electron chi connectivity index (χ0n) is 12.4. The van der Waals surface area contributed by atoms with Crippen molar-refractivity contribution in [2.45, 2.75) is 39.5 Å². The molecule has 2 nitrogen and oxygen atoms in total. The number of hydrogen-bond acceptors (Lipinski definition) is 2. The summed E-state index contributed by atoms with van der Waals surface area (Å²) in [7, 11) is 0. The van der Waals surface area contributed by atoms with E-state index in [2.05, 4.69) is 45.6 Å². The minimum Gasteiger partial charge on any atom is -0.352 e. The van der Waals surface area contributed by atoms with E-state index in [1.54, 1.807) is 0 Å². The van der Waals surface area contributed by atoms with Crippen LogP contribution in [0.25, 0.3) is 0 Å². The summed E-state index contributed by atoms with van der Waals surface area (Å²) in [4.78, 5) is 13.0. The van der Waals surface area contributed by atoms with E-state index in [1.165, 1.54) is 0 Å². The molecular formula is C16H23NOS. The van der Waals surface area contributed by atoms with Crippen molar-refractivity contribution in [3.8, 4) is 0 Å². The van der Waals surface area contributed by atoms with Crippen molar-refractivity contribution in [3.63, 3.8) is 0 Å². The zero-order chi connectivity index (χ0) is 14.4. The molecule has 0 radical (unpaired) electrons. The van der Waals surface area contributed by atoms with Gasteiger partial charge in [0, 0.05) is 17.0 Å². The van der Waals surface area contributed by atoms with Crippen LogP contribution in [-0.4, -0.2) is 12.5 Å². The van der Waals surface area contributed by atoms with E-state index in [1.807, 2.05) is 25.1 Å². The van der Waals surface area contributed by atoms with Crippen LogP contribution in [0.15, 0.2) is 23.1 Å². The fourth-order valence-corrected chi connectivity index (χ4v) is 3.19. The van der Waals surface area contributed by atoms with Crippen molar-refractivity contribution in [3.05, 3.63) is 29.3 Å². The van der Waals surface area contributed by atoms with Gasteiger partial charge in [-0.05, 0) is 41.4 Å². The number of nitrogens with one attached hydrogen (secondary N) is 1. The number of benzene rings is 1. The highest BCUT2D eigenvalue weighted by atomic mass is 32.1. The molecule has 0 atom stereocenters. The lowest BCUT2D eigenvalue weighted by Gasteiger charge is -2.09. The van der Waals surface area contributed by atoms with Gasteiger partial charge in [0.2, 0.25) is 0 Å². The first-order valence-corrected chi connectivity index (χ1v) is 7.20. The molecule has 1 aromatic carbocycles. The molecule has 0 bridgehead atoms. The third-order valence-corrected chi connectivity index (χ3v) is 5.53. The highest BCUT2D eigenvalue weighted by molar-refractivity contribution is 7.80. The summed E-state index contributed by atoms with van der Waals surface area (Å²) in [5.41, 5.74) is 2.33. The quantitative estimate of drug-likeness (QED) is 0.811. The third-order valence-electron chi connectivity index (χ3n) is 5.25. The van der Waals surface area contributed by atoms with Gasteiger partial charge in [-0.1, -0.05) is 33.8 Å². The van der Waals surface area contributed by atoms with Crippen LogP contribution < -0.4 is 5.32 Å². The normalized spacial score (nSPS) is 20.1. The SMILES string of the molecule is Cc1ccc(S)cc1C(=O)NCC1C(C)(C)C1(C)C. The second-order valence-electron chi connectivity index (χ2n) is 6.71. The molecule has 0 saturated heterocycles. The van der Waals surface area contributed by atoms with Gasteiger partial charge < -0.3 is 5.32 Å². The predicted octanol–water partition coefficient (Wildman–Crippen LogP) is 3.70.